The average molecular weight is 561 g/mol. The number of carboxylic acid groups (broad SMARTS) is 4. The summed E-state index contributed by atoms with van der Waals surface area (Å²) in [4.78, 5) is 38.8. The smallest absolute Gasteiger partial charge is 0.414 e. The predicted octanol–water partition coefficient (Wildman–Crippen LogP) is 2.52. The minimum absolute atomic E-state index is 0.270. The lowest BCUT2D eigenvalue weighted by Crippen LogP contribution is -2.35. The molecule has 214 valence electrons. The Hall–Kier alpha value is -4.59. The predicted molar refractivity (Wildman–Crippen MR) is 138 cm³/mol. The van der Waals surface area contributed by atoms with E-state index in [2.05, 4.69) is 34.5 Å². The number of nitrogens with one attached hydrogen (secondary N) is 1. The molecule has 5 N–H and O–H groups in total. The normalized spacial score (nSPS) is 12.7. The molecule has 3 aromatic rings. The molecule has 1 aromatic heterocycles. The summed E-state index contributed by atoms with van der Waals surface area (Å²) in [6.45, 7) is 5.99. The van der Waals surface area contributed by atoms with E-state index in [0.29, 0.717) is 17.9 Å². The zero-order chi connectivity index (χ0) is 29.5. The van der Waals surface area contributed by atoms with Gasteiger partial charge >= 0.3 is 23.9 Å². The molecule has 40 heavy (non-hydrogen) atoms. The number of benzene rings is 2. The van der Waals surface area contributed by atoms with Crippen molar-refractivity contribution < 1.29 is 53.1 Å². The van der Waals surface area contributed by atoms with E-state index < -0.39 is 23.9 Å². The van der Waals surface area contributed by atoms with Gasteiger partial charge in [-0.25, -0.2) is 23.6 Å². The quantitative estimate of drug-likeness (QED) is 0.266. The molecule has 0 spiro atoms. The molecule has 0 radical (unpaired) electrons. The summed E-state index contributed by atoms with van der Waals surface area (Å²) in [6, 6.07) is 19.1. The van der Waals surface area contributed by atoms with Crippen molar-refractivity contribution in [3.63, 3.8) is 0 Å². The van der Waals surface area contributed by atoms with Crippen molar-refractivity contribution in [1.29, 1.82) is 0 Å². The number of ether oxygens (including phenoxy) is 1. The van der Waals surface area contributed by atoms with E-state index in [1.54, 1.807) is 12.1 Å². The summed E-state index contributed by atoms with van der Waals surface area (Å²) in [6.07, 6.45) is 0. The number of halogens is 1. The molecular formula is C27H29FN2O10. The molecule has 0 unspecified atom stereocenters. The van der Waals surface area contributed by atoms with Gasteiger partial charge in [0.15, 0.2) is 0 Å². The summed E-state index contributed by atoms with van der Waals surface area (Å²) in [7, 11) is 0. The number of carboxylic acids is 4. The maximum atomic E-state index is 13.9. The lowest BCUT2D eigenvalue weighted by Gasteiger charge is -2.26. The van der Waals surface area contributed by atoms with Crippen molar-refractivity contribution in [2.24, 2.45) is 0 Å². The minimum Gasteiger partial charge on any atom is -0.473 e. The second-order valence-corrected chi connectivity index (χ2v) is 8.27. The van der Waals surface area contributed by atoms with Crippen LogP contribution in [0.3, 0.4) is 0 Å². The average Bonchev–Trinajstić information content (AvgIpc) is 3.40. The maximum absolute atomic E-state index is 13.9. The second-order valence-electron chi connectivity index (χ2n) is 8.27. The zero-order valence-corrected chi connectivity index (χ0v) is 21.3. The first-order valence-corrected chi connectivity index (χ1v) is 11.9. The first kappa shape index (κ1) is 31.6. The third kappa shape index (κ3) is 11.4. The van der Waals surface area contributed by atoms with Gasteiger partial charge in [0.1, 0.15) is 17.3 Å². The molecule has 2 heterocycles. The van der Waals surface area contributed by atoms with Gasteiger partial charge in [0.2, 0.25) is 0 Å². The number of nitrogens with zero attached hydrogens (tertiary/aromatic N) is 1. The molecular weight excluding hydrogens is 531 g/mol. The highest BCUT2D eigenvalue weighted by atomic mass is 19.1. The number of morpholine rings is 1. The van der Waals surface area contributed by atoms with Crippen LogP contribution in [-0.4, -0.2) is 75.5 Å². The van der Waals surface area contributed by atoms with Crippen LogP contribution < -0.4 is 5.32 Å². The number of hydrogen-bond donors (Lipinski definition) is 5. The first-order chi connectivity index (χ1) is 19.1. The van der Waals surface area contributed by atoms with Crippen molar-refractivity contribution in [2.75, 3.05) is 26.3 Å². The molecule has 0 amide bonds. The molecule has 0 aliphatic carbocycles. The van der Waals surface area contributed by atoms with E-state index in [9.17, 15) is 4.39 Å². The third-order valence-electron chi connectivity index (χ3n) is 5.33. The van der Waals surface area contributed by atoms with Crippen LogP contribution in [0, 0.1) is 5.82 Å². The fraction of sp³-hybridized carbons (Fsp3) is 0.259. The summed E-state index contributed by atoms with van der Waals surface area (Å²) >= 11 is 0. The van der Waals surface area contributed by atoms with Gasteiger partial charge in [0.25, 0.3) is 0 Å². The molecule has 0 saturated carbocycles. The topological polar surface area (TPSA) is 187 Å². The lowest BCUT2D eigenvalue weighted by molar-refractivity contribution is -0.159. The van der Waals surface area contributed by atoms with Crippen molar-refractivity contribution in [3.05, 3.63) is 83.4 Å². The van der Waals surface area contributed by atoms with E-state index in [0.717, 1.165) is 45.2 Å². The molecule has 1 aliphatic heterocycles. The van der Waals surface area contributed by atoms with Gasteiger partial charge in [-0.05, 0) is 35.4 Å². The Labute approximate surface area is 228 Å². The van der Waals surface area contributed by atoms with Gasteiger partial charge < -0.3 is 34.9 Å². The van der Waals surface area contributed by atoms with Crippen LogP contribution in [0.5, 0.6) is 0 Å². The molecule has 0 atom stereocenters. The number of hydrogen-bond acceptors (Lipinski definition) is 8. The van der Waals surface area contributed by atoms with Crippen LogP contribution in [0.25, 0.3) is 11.3 Å². The molecule has 13 heteroatoms. The van der Waals surface area contributed by atoms with Crippen molar-refractivity contribution >= 4 is 23.9 Å². The maximum Gasteiger partial charge on any atom is 0.414 e. The van der Waals surface area contributed by atoms with E-state index in [-0.39, 0.29) is 5.82 Å². The first-order valence-electron chi connectivity index (χ1n) is 11.9. The highest BCUT2D eigenvalue weighted by molar-refractivity contribution is 6.27. The Morgan fingerprint density at radius 2 is 1.30 bits per heavy atom. The molecule has 1 fully saturated rings. The summed E-state index contributed by atoms with van der Waals surface area (Å²) in [5, 5.41) is 32.9. The number of furan rings is 1. The number of rotatable bonds is 7. The molecule has 1 aliphatic rings. The third-order valence-corrected chi connectivity index (χ3v) is 5.33. The highest BCUT2D eigenvalue weighted by Crippen LogP contribution is 2.24. The summed E-state index contributed by atoms with van der Waals surface area (Å²) < 4.78 is 25.0. The second kappa shape index (κ2) is 16.4. The fourth-order valence-corrected chi connectivity index (χ4v) is 3.39. The SMILES string of the molecule is Fc1ccccc1-c1ccc(CNCc2ccc(CN3CCOCC3)cc2)o1.O=C(O)C(=O)O.O=C(O)C(=O)O. The van der Waals surface area contributed by atoms with Crippen LogP contribution in [0.1, 0.15) is 16.9 Å². The number of aliphatic carboxylic acids is 4. The molecule has 1 saturated heterocycles. The summed E-state index contributed by atoms with van der Waals surface area (Å²) in [5.41, 5.74) is 3.04. The van der Waals surface area contributed by atoms with Gasteiger partial charge in [-0.3, -0.25) is 4.90 Å². The van der Waals surface area contributed by atoms with E-state index in [1.165, 1.54) is 17.2 Å². The Morgan fingerprint density at radius 3 is 1.85 bits per heavy atom. The molecule has 4 rings (SSSR count). The van der Waals surface area contributed by atoms with Gasteiger partial charge in [-0.15, -0.1) is 0 Å². The van der Waals surface area contributed by atoms with Crippen LogP contribution in [-0.2, 0) is 43.5 Å². The minimum atomic E-state index is -1.82. The van der Waals surface area contributed by atoms with Crippen LogP contribution in [0.4, 0.5) is 4.39 Å². The van der Waals surface area contributed by atoms with Crippen molar-refractivity contribution in [1.82, 2.24) is 10.2 Å². The van der Waals surface area contributed by atoms with Crippen LogP contribution >= 0.6 is 0 Å². The summed E-state index contributed by atoms with van der Waals surface area (Å²) in [5.74, 6) is -6.21. The van der Waals surface area contributed by atoms with E-state index in [1.807, 2.05) is 18.2 Å². The standard InChI is InChI=1S/C23H25FN2O2.2C2H2O4/c24-22-4-2-1-3-21(22)23-10-9-20(28-23)16-25-15-18-5-7-19(8-6-18)17-26-11-13-27-14-12-26;2*3-1(4)2(5)6/h1-10,25H,11-17H2;2*(H,3,4)(H,5,6). The molecule has 0 bridgehead atoms. The Bertz CT molecular complexity index is 1220. The van der Waals surface area contributed by atoms with Crippen molar-refractivity contribution in [2.45, 2.75) is 19.6 Å². The van der Waals surface area contributed by atoms with E-state index in [4.69, 9.17) is 48.8 Å². The van der Waals surface area contributed by atoms with Crippen LogP contribution in [0.2, 0.25) is 0 Å². The Kier molecular flexibility index (Phi) is 13.0. The van der Waals surface area contributed by atoms with Gasteiger partial charge in [0, 0.05) is 26.2 Å². The number of carbonyl (C=O) groups is 4. The largest absolute Gasteiger partial charge is 0.473 e. The Morgan fingerprint density at radius 1 is 0.750 bits per heavy atom. The molecule has 12 nitrogen and oxygen atoms in total. The van der Waals surface area contributed by atoms with Crippen molar-refractivity contribution in [3.8, 4) is 11.3 Å². The van der Waals surface area contributed by atoms with Gasteiger partial charge in [-0.1, -0.05) is 36.4 Å². The zero-order valence-electron chi connectivity index (χ0n) is 21.3. The lowest BCUT2D eigenvalue weighted by atomic mass is 10.1. The highest BCUT2D eigenvalue weighted by Gasteiger charge is 2.11. The van der Waals surface area contributed by atoms with Gasteiger partial charge in [0.05, 0.1) is 25.3 Å². The molecule has 2 aromatic carbocycles. The fourth-order valence-electron chi connectivity index (χ4n) is 3.39. The monoisotopic (exact) mass is 560 g/mol. The van der Waals surface area contributed by atoms with E-state index >= 15 is 0 Å². The van der Waals surface area contributed by atoms with Gasteiger partial charge in [-0.2, -0.15) is 0 Å². The van der Waals surface area contributed by atoms with Crippen LogP contribution in [0.15, 0.2) is 65.1 Å². The Balaban J connectivity index is 0.000000393.